The number of hydrogen-bond acceptors (Lipinski definition) is 1. The van der Waals surface area contributed by atoms with E-state index in [9.17, 15) is 5.11 Å². The number of fused-ring (bicyclic) bond motifs is 5. The van der Waals surface area contributed by atoms with Crippen LogP contribution in [-0.4, -0.2) is 11.2 Å². The first-order valence-electron chi connectivity index (χ1n) is 8.93. The Bertz CT molecular complexity index is 439. The van der Waals surface area contributed by atoms with E-state index in [4.69, 9.17) is 0 Å². The molecule has 0 aliphatic heterocycles. The van der Waals surface area contributed by atoms with Crippen molar-refractivity contribution in [1.29, 1.82) is 0 Å². The third-order valence-corrected chi connectivity index (χ3v) is 7.97. The topological polar surface area (TPSA) is 20.2 Å². The van der Waals surface area contributed by atoms with Gasteiger partial charge in [0.1, 0.15) is 0 Å². The largest absolute Gasteiger partial charge is 0.393 e. The molecule has 0 aromatic rings. The summed E-state index contributed by atoms with van der Waals surface area (Å²) in [5.74, 6) is 2.55. The predicted molar refractivity (Wildman–Crippen MR) is 82.3 cm³/mol. The van der Waals surface area contributed by atoms with E-state index >= 15 is 0 Å². The maximum Gasteiger partial charge on any atom is 0.0596 e. The van der Waals surface area contributed by atoms with Crippen molar-refractivity contribution in [2.24, 2.45) is 28.6 Å². The van der Waals surface area contributed by atoms with Crippen LogP contribution in [0, 0.1) is 28.6 Å². The van der Waals surface area contributed by atoms with Gasteiger partial charge in [0.2, 0.25) is 0 Å². The third kappa shape index (κ3) is 1.59. The normalized spacial score (nSPS) is 54.6. The van der Waals surface area contributed by atoms with Gasteiger partial charge in [0.15, 0.2) is 0 Å². The first-order chi connectivity index (χ1) is 9.56. The Morgan fingerprint density at radius 3 is 2.75 bits per heavy atom. The van der Waals surface area contributed by atoms with Crippen LogP contribution in [0.4, 0.5) is 0 Å². The highest BCUT2D eigenvalue weighted by atomic mass is 16.3. The summed E-state index contributed by atoms with van der Waals surface area (Å²) in [4.78, 5) is 0. The van der Waals surface area contributed by atoms with E-state index in [1.165, 1.54) is 51.4 Å². The first-order valence-corrected chi connectivity index (χ1v) is 8.93. The van der Waals surface area contributed by atoms with Crippen molar-refractivity contribution >= 4 is 0 Å². The van der Waals surface area contributed by atoms with Crippen molar-refractivity contribution in [2.75, 3.05) is 0 Å². The van der Waals surface area contributed by atoms with E-state index in [0.717, 1.165) is 24.2 Å². The molecule has 20 heavy (non-hydrogen) atoms. The summed E-state index contributed by atoms with van der Waals surface area (Å²) < 4.78 is 0. The smallest absolute Gasteiger partial charge is 0.0596 e. The van der Waals surface area contributed by atoms with Crippen LogP contribution in [0.3, 0.4) is 0 Å². The fourth-order valence-corrected chi connectivity index (χ4v) is 6.67. The van der Waals surface area contributed by atoms with Crippen LogP contribution in [0.1, 0.15) is 71.6 Å². The van der Waals surface area contributed by atoms with Gasteiger partial charge in [0.25, 0.3) is 0 Å². The van der Waals surface area contributed by atoms with Gasteiger partial charge in [-0.25, -0.2) is 0 Å². The summed E-state index contributed by atoms with van der Waals surface area (Å²) in [6.07, 6.45) is 14.5. The molecule has 1 nitrogen and oxygen atoms in total. The Labute approximate surface area is 123 Å². The molecule has 4 aliphatic rings. The van der Waals surface area contributed by atoms with Crippen molar-refractivity contribution in [3.63, 3.8) is 0 Å². The van der Waals surface area contributed by atoms with Gasteiger partial charge in [0.05, 0.1) is 6.10 Å². The summed E-state index contributed by atoms with van der Waals surface area (Å²) in [5.41, 5.74) is 2.54. The summed E-state index contributed by atoms with van der Waals surface area (Å²) in [7, 11) is 0. The number of aliphatic hydroxyl groups is 1. The number of allylic oxidation sites excluding steroid dienone is 2. The molecule has 3 fully saturated rings. The molecule has 0 heterocycles. The minimum atomic E-state index is -0.0296. The lowest BCUT2D eigenvalue weighted by Crippen LogP contribution is -2.50. The molecule has 0 amide bonds. The van der Waals surface area contributed by atoms with Gasteiger partial charge in [-0.15, -0.1) is 0 Å². The minimum absolute atomic E-state index is 0.0296. The highest BCUT2D eigenvalue weighted by molar-refractivity contribution is 5.24. The molecule has 1 N–H and O–H groups in total. The van der Waals surface area contributed by atoms with Crippen LogP contribution in [-0.2, 0) is 0 Å². The van der Waals surface area contributed by atoms with E-state index in [1.807, 2.05) is 0 Å². The van der Waals surface area contributed by atoms with Crippen LogP contribution < -0.4 is 0 Å². The molecule has 3 saturated carbocycles. The van der Waals surface area contributed by atoms with Crippen molar-refractivity contribution in [2.45, 2.75) is 77.7 Å². The van der Waals surface area contributed by atoms with Crippen molar-refractivity contribution in [3.8, 4) is 0 Å². The second-order valence-electron chi connectivity index (χ2n) is 8.60. The quantitative estimate of drug-likeness (QED) is 0.635. The molecule has 4 aliphatic carbocycles. The maximum atomic E-state index is 10.5. The van der Waals surface area contributed by atoms with Gasteiger partial charge in [-0.2, -0.15) is 0 Å². The number of rotatable bonds is 0. The van der Waals surface area contributed by atoms with Gasteiger partial charge in [-0.1, -0.05) is 31.9 Å². The zero-order chi connectivity index (χ0) is 14.0. The average Bonchev–Trinajstić information content (AvgIpc) is 2.74. The summed E-state index contributed by atoms with van der Waals surface area (Å²) in [6.45, 7) is 4.96. The van der Waals surface area contributed by atoms with Crippen molar-refractivity contribution in [1.82, 2.24) is 0 Å². The molecule has 0 unspecified atom stereocenters. The van der Waals surface area contributed by atoms with Gasteiger partial charge in [0, 0.05) is 0 Å². The SMILES string of the molecule is C[C@]12CC[C@@H]3[C@H](CC=C4CCCC[C@@]43C)[C@H]1CC[C@H]2O. The molecule has 0 spiro atoms. The second-order valence-corrected chi connectivity index (χ2v) is 8.60. The standard InChI is InChI=1S/C19H30O/c1-18-11-4-3-5-13(18)6-7-14-15-8-9-17(20)19(15,2)12-10-16(14)18/h6,14-17,20H,3-5,7-12H2,1-2H3/t14-,15-,16-,17-,18+,19+/m1/s1. The van der Waals surface area contributed by atoms with Gasteiger partial charge < -0.3 is 5.11 Å². The molecule has 1 heteroatoms. The highest BCUT2D eigenvalue weighted by Gasteiger charge is 2.57. The Hall–Kier alpha value is -0.300. The first kappa shape index (κ1) is 13.4. The minimum Gasteiger partial charge on any atom is -0.393 e. The second kappa shape index (κ2) is 4.35. The lowest BCUT2D eigenvalue weighted by molar-refractivity contribution is -0.0661. The van der Waals surface area contributed by atoms with Crippen molar-refractivity contribution in [3.05, 3.63) is 11.6 Å². The average molecular weight is 274 g/mol. The van der Waals surface area contributed by atoms with E-state index in [2.05, 4.69) is 19.9 Å². The predicted octanol–water partition coefficient (Wildman–Crippen LogP) is 4.70. The van der Waals surface area contributed by atoms with Crippen molar-refractivity contribution < 1.29 is 5.11 Å². The molecule has 6 atom stereocenters. The lowest BCUT2D eigenvalue weighted by Gasteiger charge is -2.57. The molecule has 0 radical (unpaired) electrons. The van der Waals surface area contributed by atoms with Crippen LogP contribution in [0.25, 0.3) is 0 Å². The van der Waals surface area contributed by atoms with E-state index in [-0.39, 0.29) is 11.5 Å². The Morgan fingerprint density at radius 2 is 1.90 bits per heavy atom. The Balaban J connectivity index is 1.69. The molecule has 0 bridgehead atoms. The van der Waals surface area contributed by atoms with Crippen LogP contribution >= 0.6 is 0 Å². The highest BCUT2D eigenvalue weighted by Crippen LogP contribution is 2.64. The van der Waals surface area contributed by atoms with Gasteiger partial charge >= 0.3 is 0 Å². The molecule has 4 rings (SSSR count). The van der Waals surface area contributed by atoms with Crippen LogP contribution in [0.2, 0.25) is 0 Å². The van der Waals surface area contributed by atoms with Crippen LogP contribution in [0.5, 0.6) is 0 Å². The lowest BCUT2D eigenvalue weighted by atomic mass is 9.48. The van der Waals surface area contributed by atoms with E-state index < -0.39 is 0 Å². The summed E-state index contributed by atoms with van der Waals surface area (Å²) >= 11 is 0. The Morgan fingerprint density at radius 1 is 1.05 bits per heavy atom. The Kier molecular flexibility index (Phi) is 2.91. The van der Waals surface area contributed by atoms with Gasteiger partial charge in [-0.05, 0) is 80.0 Å². The van der Waals surface area contributed by atoms with E-state index in [1.54, 1.807) is 5.57 Å². The summed E-state index contributed by atoms with van der Waals surface area (Å²) in [5, 5.41) is 10.5. The fraction of sp³-hybridized carbons (Fsp3) is 0.895. The monoisotopic (exact) mass is 274 g/mol. The van der Waals surface area contributed by atoms with E-state index in [0.29, 0.717) is 5.41 Å². The molecule has 0 aromatic carbocycles. The molecule has 0 aromatic heterocycles. The zero-order valence-corrected chi connectivity index (χ0v) is 13.2. The molecular formula is C19H30O. The summed E-state index contributed by atoms with van der Waals surface area (Å²) in [6, 6.07) is 0. The number of aliphatic hydroxyl groups excluding tert-OH is 1. The van der Waals surface area contributed by atoms with Gasteiger partial charge in [-0.3, -0.25) is 0 Å². The fourth-order valence-electron chi connectivity index (χ4n) is 6.67. The maximum absolute atomic E-state index is 10.5. The molecule has 112 valence electrons. The van der Waals surface area contributed by atoms with Crippen LogP contribution in [0.15, 0.2) is 11.6 Å². The third-order valence-electron chi connectivity index (χ3n) is 7.97. The zero-order valence-electron chi connectivity index (χ0n) is 13.2. The molecular weight excluding hydrogens is 244 g/mol. The number of hydrogen-bond donors (Lipinski definition) is 1. The molecule has 0 saturated heterocycles.